The number of carbonyl (C=O) groups is 1. The van der Waals surface area contributed by atoms with Crippen molar-refractivity contribution in [3.05, 3.63) is 107 Å². The lowest BCUT2D eigenvalue weighted by atomic mass is 10.0. The minimum Gasteiger partial charge on any atom is -0.459 e. The Morgan fingerprint density at radius 2 is 1.94 bits per heavy atom. The third kappa shape index (κ3) is 5.34. The summed E-state index contributed by atoms with van der Waals surface area (Å²) in [5.41, 5.74) is 3.72. The maximum atomic E-state index is 12.8. The lowest BCUT2D eigenvalue weighted by molar-refractivity contribution is -0.116. The highest BCUT2D eigenvalue weighted by molar-refractivity contribution is 9.10. The van der Waals surface area contributed by atoms with Crippen LogP contribution in [0.15, 0.2) is 93.9 Å². The summed E-state index contributed by atoms with van der Waals surface area (Å²) in [6.07, 6.45) is 2.05. The smallest absolute Gasteiger partial charge is 0.226 e. The number of rotatable bonds is 7. The summed E-state index contributed by atoms with van der Waals surface area (Å²) in [7, 11) is 0. The zero-order valence-electron chi connectivity index (χ0n) is 19.6. The quantitative estimate of drug-likeness (QED) is 0.254. The van der Waals surface area contributed by atoms with Gasteiger partial charge in [0.05, 0.1) is 11.7 Å². The van der Waals surface area contributed by atoms with Crippen molar-refractivity contribution < 1.29 is 9.21 Å². The fourth-order valence-corrected chi connectivity index (χ4v) is 5.00. The van der Waals surface area contributed by atoms with Gasteiger partial charge in [-0.3, -0.25) is 9.78 Å². The van der Waals surface area contributed by atoms with Crippen molar-refractivity contribution in [2.75, 3.05) is 11.9 Å². The van der Waals surface area contributed by atoms with Crippen LogP contribution in [0, 0.1) is 6.92 Å². The molecule has 0 saturated carbocycles. The zero-order valence-corrected chi connectivity index (χ0v) is 22.1. The van der Waals surface area contributed by atoms with Gasteiger partial charge in [-0.05, 0) is 73.2 Å². The molecule has 0 unspecified atom stereocenters. The molecule has 8 heteroatoms. The number of aromatic nitrogens is 1. The number of aryl methyl sites for hydroxylation is 1. The van der Waals surface area contributed by atoms with E-state index in [9.17, 15) is 4.79 Å². The summed E-state index contributed by atoms with van der Waals surface area (Å²) in [6.45, 7) is 2.43. The first-order chi connectivity index (χ1) is 17.5. The highest BCUT2D eigenvalue weighted by atomic mass is 79.9. The third-order valence-electron chi connectivity index (χ3n) is 6.13. The van der Waals surface area contributed by atoms with Gasteiger partial charge in [0.1, 0.15) is 17.6 Å². The second-order valence-electron chi connectivity index (χ2n) is 8.70. The number of amides is 1. The molecular formula is C28H25BrN4O2S. The van der Waals surface area contributed by atoms with E-state index in [1.165, 1.54) is 0 Å². The number of nitrogens with zero attached hydrogens (tertiary/aromatic N) is 2. The number of carbonyl (C=O) groups excluding carboxylic acids is 1. The van der Waals surface area contributed by atoms with E-state index in [-0.39, 0.29) is 24.4 Å². The van der Waals surface area contributed by atoms with Crippen molar-refractivity contribution in [2.45, 2.75) is 25.4 Å². The van der Waals surface area contributed by atoms with E-state index in [4.69, 9.17) is 16.6 Å². The summed E-state index contributed by atoms with van der Waals surface area (Å²) in [5, 5.41) is 6.95. The van der Waals surface area contributed by atoms with E-state index in [2.05, 4.69) is 31.5 Å². The van der Waals surface area contributed by atoms with Crippen molar-refractivity contribution in [3.63, 3.8) is 0 Å². The van der Waals surface area contributed by atoms with Crippen molar-refractivity contribution in [2.24, 2.45) is 0 Å². The molecular weight excluding hydrogens is 536 g/mol. The average molecular weight is 562 g/mol. The molecule has 1 amide bonds. The minimum atomic E-state index is -0.247. The molecule has 1 aliphatic heterocycles. The molecule has 1 aliphatic rings. The van der Waals surface area contributed by atoms with E-state index in [0.717, 1.165) is 38.5 Å². The zero-order chi connectivity index (χ0) is 25.1. The fraction of sp³-hybridized carbons (Fsp3) is 0.179. The van der Waals surface area contributed by atoms with Crippen LogP contribution in [0.2, 0.25) is 0 Å². The maximum absolute atomic E-state index is 12.8. The number of benzene rings is 2. The Hall–Kier alpha value is -3.49. The van der Waals surface area contributed by atoms with Crippen LogP contribution in [0.5, 0.6) is 0 Å². The predicted molar refractivity (Wildman–Crippen MR) is 148 cm³/mol. The molecule has 2 aromatic carbocycles. The lowest BCUT2D eigenvalue weighted by Gasteiger charge is -2.25. The molecule has 2 atom stereocenters. The number of hydrogen-bond acceptors (Lipinski definition) is 4. The van der Waals surface area contributed by atoms with Crippen LogP contribution in [0.1, 0.15) is 35.5 Å². The molecule has 2 aromatic heterocycles. The van der Waals surface area contributed by atoms with Gasteiger partial charge in [-0.15, -0.1) is 0 Å². The Balaban J connectivity index is 1.39. The number of nitrogens with one attached hydrogen (secondary N) is 2. The van der Waals surface area contributed by atoms with E-state index < -0.39 is 0 Å². The number of pyridine rings is 1. The van der Waals surface area contributed by atoms with Gasteiger partial charge in [0.25, 0.3) is 0 Å². The van der Waals surface area contributed by atoms with Crippen molar-refractivity contribution in [3.8, 4) is 11.3 Å². The van der Waals surface area contributed by atoms with Gasteiger partial charge >= 0.3 is 0 Å². The summed E-state index contributed by atoms with van der Waals surface area (Å²) in [6, 6.07) is 25.1. The second-order valence-corrected chi connectivity index (χ2v) is 10.00. The summed E-state index contributed by atoms with van der Waals surface area (Å²) in [5.74, 6) is 1.46. The third-order valence-corrected chi connectivity index (χ3v) is 7.01. The Labute approximate surface area is 223 Å². The topological polar surface area (TPSA) is 70.4 Å². The number of hydrogen-bond donors (Lipinski definition) is 2. The van der Waals surface area contributed by atoms with E-state index >= 15 is 0 Å². The van der Waals surface area contributed by atoms with Crippen LogP contribution in [0.25, 0.3) is 11.3 Å². The van der Waals surface area contributed by atoms with Crippen molar-refractivity contribution >= 4 is 44.9 Å². The largest absolute Gasteiger partial charge is 0.459 e. The standard InChI is InChI=1S/C28H25BrN4O2S/c1-18-5-4-6-21(17-18)31-25(34)14-16-33-27(26(32-28(33)36)22-7-2-3-15-30-22)24-13-12-23(35-24)19-8-10-20(29)11-9-19/h2-13,15,17,26-27H,14,16H2,1H3,(H,31,34)(H,32,36)/t26-,27-/m0/s1. The van der Waals surface area contributed by atoms with Gasteiger partial charge in [0, 0.05) is 34.9 Å². The molecule has 6 nitrogen and oxygen atoms in total. The van der Waals surface area contributed by atoms with E-state index in [1.54, 1.807) is 6.20 Å². The Morgan fingerprint density at radius 3 is 2.69 bits per heavy atom. The summed E-state index contributed by atoms with van der Waals surface area (Å²) < 4.78 is 7.36. The minimum absolute atomic E-state index is 0.0709. The van der Waals surface area contributed by atoms with Crippen molar-refractivity contribution in [1.82, 2.24) is 15.2 Å². The van der Waals surface area contributed by atoms with Gasteiger partial charge in [-0.25, -0.2) is 0 Å². The van der Waals surface area contributed by atoms with Gasteiger partial charge in [-0.2, -0.15) is 0 Å². The van der Waals surface area contributed by atoms with Crippen LogP contribution in [-0.2, 0) is 4.79 Å². The molecule has 0 aliphatic carbocycles. The van der Waals surface area contributed by atoms with Crippen LogP contribution in [0.4, 0.5) is 5.69 Å². The summed E-state index contributed by atoms with van der Waals surface area (Å²) in [4.78, 5) is 19.3. The second kappa shape index (κ2) is 10.6. The van der Waals surface area contributed by atoms with Crippen LogP contribution in [-0.4, -0.2) is 27.4 Å². The molecule has 182 valence electrons. The number of furan rings is 1. The first-order valence-electron chi connectivity index (χ1n) is 11.7. The normalized spacial score (nSPS) is 17.2. The van der Waals surface area contributed by atoms with Crippen molar-refractivity contribution in [1.29, 1.82) is 0 Å². The van der Waals surface area contributed by atoms with Gasteiger partial charge in [0.2, 0.25) is 5.91 Å². The summed E-state index contributed by atoms with van der Waals surface area (Å²) >= 11 is 9.20. The highest BCUT2D eigenvalue weighted by Gasteiger charge is 2.41. The fourth-order valence-electron chi connectivity index (χ4n) is 4.40. The van der Waals surface area contributed by atoms with Gasteiger partial charge in [-0.1, -0.05) is 46.3 Å². The van der Waals surface area contributed by atoms with Crippen LogP contribution >= 0.6 is 28.1 Å². The first kappa shape index (κ1) is 24.2. The molecule has 0 radical (unpaired) electrons. The Kier molecular flexibility index (Phi) is 7.16. The average Bonchev–Trinajstić information content (AvgIpc) is 3.48. The molecule has 36 heavy (non-hydrogen) atoms. The van der Waals surface area contributed by atoms with Gasteiger partial charge in [0.15, 0.2) is 5.11 Å². The molecule has 3 heterocycles. The number of halogens is 1. The maximum Gasteiger partial charge on any atom is 0.226 e. The molecule has 0 bridgehead atoms. The molecule has 2 N–H and O–H groups in total. The SMILES string of the molecule is Cc1cccc(NC(=O)CCN2C(=S)N[C@@H](c3ccccn3)[C@@H]2c2ccc(-c3ccc(Br)cc3)o2)c1. The molecule has 1 fully saturated rings. The predicted octanol–water partition coefficient (Wildman–Crippen LogP) is 6.41. The van der Waals surface area contributed by atoms with E-state index in [1.807, 2.05) is 90.7 Å². The Morgan fingerprint density at radius 1 is 1.11 bits per heavy atom. The van der Waals surface area contributed by atoms with Crippen LogP contribution < -0.4 is 10.6 Å². The monoisotopic (exact) mass is 560 g/mol. The van der Waals surface area contributed by atoms with Gasteiger partial charge < -0.3 is 20.0 Å². The number of anilines is 1. The van der Waals surface area contributed by atoms with E-state index in [0.29, 0.717) is 11.7 Å². The number of thiocarbonyl (C=S) groups is 1. The molecule has 0 spiro atoms. The lowest BCUT2D eigenvalue weighted by Crippen LogP contribution is -2.32. The molecule has 4 aromatic rings. The Bertz CT molecular complexity index is 1370. The van der Waals surface area contributed by atoms with Crippen LogP contribution in [0.3, 0.4) is 0 Å². The molecule has 5 rings (SSSR count). The highest BCUT2D eigenvalue weighted by Crippen LogP contribution is 2.40. The first-order valence-corrected chi connectivity index (χ1v) is 12.9. The molecule has 1 saturated heterocycles.